The fourth-order valence-corrected chi connectivity index (χ4v) is 2.42. The van der Waals surface area contributed by atoms with Gasteiger partial charge < -0.3 is 9.47 Å². The number of ether oxygens (including phenoxy) is 2. The number of hydrogen-bond acceptors (Lipinski definition) is 3. The molecule has 1 aromatic carbocycles. The van der Waals surface area contributed by atoms with E-state index >= 15 is 0 Å². The third-order valence-electron chi connectivity index (χ3n) is 3.25. The average molecular weight is 204 g/mol. The van der Waals surface area contributed by atoms with Crippen molar-refractivity contribution in [2.24, 2.45) is 0 Å². The number of hydrogen-bond donors (Lipinski definition) is 0. The van der Waals surface area contributed by atoms with E-state index in [4.69, 9.17) is 9.47 Å². The van der Waals surface area contributed by atoms with Crippen LogP contribution in [-0.2, 0) is 21.7 Å². The Morgan fingerprint density at radius 1 is 1.40 bits per heavy atom. The summed E-state index contributed by atoms with van der Waals surface area (Å²) >= 11 is 0. The van der Waals surface area contributed by atoms with Gasteiger partial charge in [-0.05, 0) is 17.2 Å². The largest absolute Gasteiger partial charge is 0.378 e. The van der Waals surface area contributed by atoms with Crippen LogP contribution in [0.1, 0.15) is 27.9 Å². The van der Waals surface area contributed by atoms with Gasteiger partial charge in [0.15, 0.2) is 0 Å². The summed E-state index contributed by atoms with van der Waals surface area (Å²) in [5.74, 6) is 0. The standard InChI is InChI=1S/C12H12O3/c13-6-9-1-2-11-10(5-9)7-15-12(11)3-4-14-8-12/h1-2,5-6H,3-4,7-8H2. The van der Waals surface area contributed by atoms with Crippen molar-refractivity contribution in [1.29, 1.82) is 0 Å². The first-order chi connectivity index (χ1) is 7.34. The molecule has 0 amide bonds. The van der Waals surface area contributed by atoms with Crippen LogP contribution in [0.25, 0.3) is 0 Å². The summed E-state index contributed by atoms with van der Waals surface area (Å²) in [6.07, 6.45) is 1.79. The Hall–Kier alpha value is -1.19. The van der Waals surface area contributed by atoms with Gasteiger partial charge >= 0.3 is 0 Å². The van der Waals surface area contributed by atoms with Gasteiger partial charge in [0.1, 0.15) is 11.9 Å². The third-order valence-corrected chi connectivity index (χ3v) is 3.25. The molecule has 2 aliphatic heterocycles. The molecule has 78 valence electrons. The van der Waals surface area contributed by atoms with Crippen LogP contribution < -0.4 is 0 Å². The highest BCUT2D eigenvalue weighted by atomic mass is 16.6. The van der Waals surface area contributed by atoms with Crippen LogP contribution in [0.15, 0.2) is 18.2 Å². The van der Waals surface area contributed by atoms with Crippen LogP contribution in [0.2, 0.25) is 0 Å². The highest BCUT2D eigenvalue weighted by molar-refractivity contribution is 5.75. The maximum absolute atomic E-state index is 10.7. The predicted molar refractivity (Wildman–Crippen MR) is 53.7 cm³/mol. The van der Waals surface area contributed by atoms with Crippen molar-refractivity contribution >= 4 is 6.29 Å². The topological polar surface area (TPSA) is 35.5 Å². The normalized spacial score (nSPS) is 28.3. The minimum Gasteiger partial charge on any atom is -0.378 e. The molecule has 3 rings (SSSR count). The summed E-state index contributed by atoms with van der Waals surface area (Å²) in [6, 6.07) is 5.76. The first kappa shape index (κ1) is 9.07. The van der Waals surface area contributed by atoms with Crippen molar-refractivity contribution in [2.75, 3.05) is 13.2 Å². The van der Waals surface area contributed by atoms with E-state index in [1.54, 1.807) is 0 Å². The van der Waals surface area contributed by atoms with Gasteiger partial charge in [-0.2, -0.15) is 0 Å². The number of rotatable bonds is 1. The average Bonchev–Trinajstić information content (AvgIpc) is 2.88. The van der Waals surface area contributed by atoms with E-state index in [9.17, 15) is 4.79 Å². The summed E-state index contributed by atoms with van der Waals surface area (Å²) < 4.78 is 11.2. The molecule has 3 nitrogen and oxygen atoms in total. The molecule has 3 heteroatoms. The van der Waals surface area contributed by atoms with E-state index in [1.165, 1.54) is 5.56 Å². The van der Waals surface area contributed by atoms with Gasteiger partial charge in [0, 0.05) is 18.6 Å². The second-order valence-corrected chi connectivity index (χ2v) is 4.12. The molecule has 0 aliphatic carbocycles. The molecule has 15 heavy (non-hydrogen) atoms. The Labute approximate surface area is 88.0 Å². The lowest BCUT2D eigenvalue weighted by atomic mass is 9.91. The lowest BCUT2D eigenvalue weighted by molar-refractivity contribution is -0.0421. The van der Waals surface area contributed by atoms with E-state index in [2.05, 4.69) is 0 Å². The van der Waals surface area contributed by atoms with E-state index in [0.29, 0.717) is 18.8 Å². The molecule has 0 radical (unpaired) electrons. The van der Waals surface area contributed by atoms with Gasteiger partial charge in [-0.3, -0.25) is 4.79 Å². The molecule has 2 aliphatic rings. The maximum Gasteiger partial charge on any atom is 0.150 e. The minimum atomic E-state index is -0.225. The molecule has 2 heterocycles. The number of benzene rings is 1. The Morgan fingerprint density at radius 3 is 3.07 bits per heavy atom. The number of fused-ring (bicyclic) bond motifs is 2. The summed E-state index contributed by atoms with van der Waals surface area (Å²) in [5, 5.41) is 0. The van der Waals surface area contributed by atoms with Crippen molar-refractivity contribution in [2.45, 2.75) is 18.6 Å². The molecular weight excluding hydrogens is 192 g/mol. The predicted octanol–water partition coefficient (Wildman–Crippen LogP) is 1.64. The molecule has 0 N–H and O–H groups in total. The molecule has 1 spiro atoms. The van der Waals surface area contributed by atoms with E-state index in [1.807, 2.05) is 18.2 Å². The molecule has 1 unspecified atom stereocenters. The minimum absolute atomic E-state index is 0.225. The Kier molecular flexibility index (Phi) is 1.90. The van der Waals surface area contributed by atoms with Crippen molar-refractivity contribution < 1.29 is 14.3 Å². The lowest BCUT2D eigenvalue weighted by Gasteiger charge is -2.21. The Balaban J connectivity index is 2.07. The number of carbonyl (C=O) groups is 1. The molecule has 1 saturated heterocycles. The Morgan fingerprint density at radius 2 is 2.33 bits per heavy atom. The van der Waals surface area contributed by atoms with Crippen molar-refractivity contribution in [3.05, 3.63) is 34.9 Å². The van der Waals surface area contributed by atoms with Gasteiger partial charge in [0.05, 0.1) is 13.2 Å². The maximum atomic E-state index is 10.7. The third kappa shape index (κ3) is 1.24. The van der Waals surface area contributed by atoms with E-state index in [0.717, 1.165) is 24.9 Å². The fourth-order valence-electron chi connectivity index (χ4n) is 2.42. The monoisotopic (exact) mass is 204 g/mol. The Bertz CT molecular complexity index is 405. The first-order valence-corrected chi connectivity index (χ1v) is 5.14. The zero-order valence-corrected chi connectivity index (χ0v) is 8.36. The van der Waals surface area contributed by atoms with Crippen LogP contribution in [-0.4, -0.2) is 19.5 Å². The SMILES string of the molecule is O=Cc1ccc2c(c1)COC21CCOC1. The van der Waals surface area contributed by atoms with Crippen LogP contribution in [0.3, 0.4) is 0 Å². The zero-order chi connectivity index (χ0) is 10.3. The smallest absolute Gasteiger partial charge is 0.150 e. The summed E-state index contributed by atoms with van der Waals surface area (Å²) in [7, 11) is 0. The van der Waals surface area contributed by atoms with E-state index in [-0.39, 0.29) is 5.60 Å². The summed E-state index contributed by atoms with van der Waals surface area (Å²) in [5.41, 5.74) is 2.82. The fraction of sp³-hybridized carbons (Fsp3) is 0.417. The first-order valence-electron chi connectivity index (χ1n) is 5.14. The molecule has 0 saturated carbocycles. The second kappa shape index (κ2) is 3.15. The van der Waals surface area contributed by atoms with Gasteiger partial charge in [0.2, 0.25) is 0 Å². The van der Waals surface area contributed by atoms with Crippen LogP contribution in [0.5, 0.6) is 0 Å². The zero-order valence-electron chi connectivity index (χ0n) is 8.36. The molecule has 1 fully saturated rings. The van der Waals surface area contributed by atoms with Crippen LogP contribution >= 0.6 is 0 Å². The van der Waals surface area contributed by atoms with Gasteiger partial charge in [0.25, 0.3) is 0 Å². The summed E-state index contributed by atoms with van der Waals surface area (Å²) in [4.78, 5) is 10.7. The van der Waals surface area contributed by atoms with Crippen LogP contribution in [0, 0.1) is 0 Å². The van der Waals surface area contributed by atoms with Gasteiger partial charge in [-0.15, -0.1) is 0 Å². The number of aldehydes is 1. The van der Waals surface area contributed by atoms with Crippen LogP contribution in [0.4, 0.5) is 0 Å². The van der Waals surface area contributed by atoms with Crippen molar-refractivity contribution in [3.8, 4) is 0 Å². The molecule has 1 atom stereocenters. The molecule has 0 bridgehead atoms. The molecule has 1 aromatic rings. The van der Waals surface area contributed by atoms with E-state index < -0.39 is 0 Å². The van der Waals surface area contributed by atoms with Crippen molar-refractivity contribution in [1.82, 2.24) is 0 Å². The number of carbonyl (C=O) groups excluding carboxylic acids is 1. The quantitative estimate of drug-likeness (QED) is 0.652. The van der Waals surface area contributed by atoms with Crippen molar-refractivity contribution in [3.63, 3.8) is 0 Å². The second-order valence-electron chi connectivity index (χ2n) is 4.12. The molecular formula is C12H12O3. The van der Waals surface area contributed by atoms with Gasteiger partial charge in [-0.1, -0.05) is 12.1 Å². The highest BCUT2D eigenvalue weighted by Crippen LogP contribution is 2.42. The molecule has 0 aromatic heterocycles. The highest BCUT2D eigenvalue weighted by Gasteiger charge is 2.43. The summed E-state index contributed by atoms with van der Waals surface area (Å²) in [6.45, 7) is 2.00. The van der Waals surface area contributed by atoms with Gasteiger partial charge in [-0.25, -0.2) is 0 Å². The lowest BCUT2D eigenvalue weighted by Crippen LogP contribution is -2.25.